The van der Waals surface area contributed by atoms with Gasteiger partial charge in [-0.1, -0.05) is 57.2 Å². The molecule has 2 aromatic carbocycles. The van der Waals surface area contributed by atoms with Gasteiger partial charge < -0.3 is 9.64 Å². The molecule has 0 atom stereocenters. The van der Waals surface area contributed by atoms with Gasteiger partial charge in [0.15, 0.2) is 11.6 Å². The highest BCUT2D eigenvalue weighted by Gasteiger charge is 2.36. The van der Waals surface area contributed by atoms with Gasteiger partial charge in [-0.05, 0) is 59.9 Å². The molecular weight excluding hydrogens is 422 g/mol. The van der Waals surface area contributed by atoms with Gasteiger partial charge in [0.25, 0.3) is 0 Å². The summed E-state index contributed by atoms with van der Waals surface area (Å²) in [6.07, 6.45) is 9.83. The minimum Gasteiger partial charge on any atom is -0.461 e. The molecule has 172 valence electrons. The SMILES string of the molecule is CN1CCCc2cc(/C=C\C3=CC(=C4C(=O)c5ccccc5C4=O)C=C(C(C)(C)C)O3)ccc21. The molecule has 4 heteroatoms. The van der Waals surface area contributed by atoms with Crippen molar-refractivity contribution >= 4 is 23.3 Å². The van der Waals surface area contributed by atoms with Crippen LogP contribution in [-0.2, 0) is 11.2 Å². The first-order valence-corrected chi connectivity index (χ1v) is 11.8. The number of ether oxygens (including phenoxy) is 1. The average molecular weight is 452 g/mol. The molecule has 2 heterocycles. The number of carbonyl (C=O) groups excluding carboxylic acids is 2. The Morgan fingerprint density at radius 1 is 0.941 bits per heavy atom. The van der Waals surface area contributed by atoms with Gasteiger partial charge in [0.2, 0.25) is 0 Å². The van der Waals surface area contributed by atoms with Crippen molar-refractivity contribution in [2.75, 3.05) is 18.5 Å². The van der Waals surface area contributed by atoms with Crippen LogP contribution in [0, 0.1) is 5.41 Å². The standard InChI is InChI=1S/C30H29NO3/c1-30(2,3)26-18-21(27-28(32)23-9-5-6-10-24(23)29(27)33)17-22(34-26)13-11-19-12-14-25-20(16-19)8-7-15-31(25)4/h5-6,9-14,16-18H,7-8,15H2,1-4H3/b13-11-. The van der Waals surface area contributed by atoms with Crippen molar-refractivity contribution in [3.8, 4) is 0 Å². The molecule has 3 aliphatic rings. The maximum absolute atomic E-state index is 13.1. The van der Waals surface area contributed by atoms with Crippen molar-refractivity contribution in [3.05, 3.63) is 106 Å². The summed E-state index contributed by atoms with van der Waals surface area (Å²) in [4.78, 5) is 28.5. The van der Waals surface area contributed by atoms with E-state index in [9.17, 15) is 9.59 Å². The summed E-state index contributed by atoms with van der Waals surface area (Å²) in [5.74, 6) is 0.892. The summed E-state index contributed by atoms with van der Waals surface area (Å²) in [6, 6.07) is 13.5. The van der Waals surface area contributed by atoms with Crippen LogP contribution in [-0.4, -0.2) is 25.2 Å². The Balaban J connectivity index is 1.53. The lowest BCUT2D eigenvalue weighted by molar-refractivity contribution is 0.0987. The highest BCUT2D eigenvalue weighted by atomic mass is 16.5. The zero-order chi connectivity index (χ0) is 24.0. The Morgan fingerprint density at radius 2 is 1.65 bits per heavy atom. The van der Waals surface area contributed by atoms with E-state index in [4.69, 9.17) is 4.74 Å². The molecule has 34 heavy (non-hydrogen) atoms. The normalized spacial score (nSPS) is 18.1. The van der Waals surface area contributed by atoms with E-state index in [1.807, 2.05) is 18.2 Å². The van der Waals surface area contributed by atoms with E-state index in [0.717, 1.165) is 30.7 Å². The number of allylic oxidation sites excluding steroid dienone is 6. The second-order valence-corrected chi connectivity index (χ2v) is 10.2. The Bertz CT molecular complexity index is 1290. The van der Waals surface area contributed by atoms with Crippen LogP contribution in [0.2, 0.25) is 0 Å². The summed E-state index contributed by atoms with van der Waals surface area (Å²) >= 11 is 0. The second-order valence-electron chi connectivity index (χ2n) is 10.2. The Kier molecular flexibility index (Phi) is 5.40. The van der Waals surface area contributed by atoms with Crippen LogP contribution in [0.1, 0.15) is 59.0 Å². The molecule has 0 spiro atoms. The quantitative estimate of drug-likeness (QED) is 0.397. The van der Waals surface area contributed by atoms with Crippen LogP contribution in [0.4, 0.5) is 5.69 Å². The zero-order valence-electron chi connectivity index (χ0n) is 20.1. The van der Waals surface area contributed by atoms with Crippen LogP contribution in [0.5, 0.6) is 0 Å². The van der Waals surface area contributed by atoms with Crippen LogP contribution >= 0.6 is 0 Å². The molecule has 0 amide bonds. The first-order chi connectivity index (χ1) is 16.2. The van der Waals surface area contributed by atoms with Crippen molar-refractivity contribution in [1.29, 1.82) is 0 Å². The number of rotatable bonds is 2. The predicted molar refractivity (Wildman–Crippen MR) is 136 cm³/mol. The van der Waals surface area contributed by atoms with Gasteiger partial charge in [-0.15, -0.1) is 0 Å². The van der Waals surface area contributed by atoms with E-state index in [2.05, 4.69) is 50.9 Å². The number of hydrogen-bond donors (Lipinski definition) is 0. The molecule has 4 nitrogen and oxygen atoms in total. The van der Waals surface area contributed by atoms with Crippen molar-refractivity contribution in [3.63, 3.8) is 0 Å². The third kappa shape index (κ3) is 3.94. The molecule has 0 radical (unpaired) electrons. The monoisotopic (exact) mass is 451 g/mol. The van der Waals surface area contributed by atoms with E-state index in [-0.39, 0.29) is 22.6 Å². The molecule has 0 N–H and O–H groups in total. The molecule has 2 aromatic rings. The van der Waals surface area contributed by atoms with Crippen LogP contribution < -0.4 is 4.90 Å². The van der Waals surface area contributed by atoms with Gasteiger partial charge in [-0.25, -0.2) is 0 Å². The van der Waals surface area contributed by atoms with Crippen LogP contribution in [0.3, 0.4) is 0 Å². The average Bonchev–Trinajstić information content (AvgIpc) is 3.07. The number of anilines is 1. The van der Waals surface area contributed by atoms with Gasteiger partial charge in [-0.2, -0.15) is 0 Å². The molecule has 0 aromatic heterocycles. The van der Waals surface area contributed by atoms with E-state index >= 15 is 0 Å². The van der Waals surface area contributed by atoms with Gasteiger partial charge in [-0.3, -0.25) is 9.59 Å². The fourth-order valence-electron chi connectivity index (χ4n) is 4.72. The fourth-order valence-corrected chi connectivity index (χ4v) is 4.72. The van der Waals surface area contributed by atoms with Crippen molar-refractivity contribution in [2.24, 2.45) is 5.41 Å². The molecule has 0 fully saturated rings. The van der Waals surface area contributed by atoms with E-state index in [1.54, 1.807) is 30.3 Å². The first-order valence-electron chi connectivity index (χ1n) is 11.8. The number of fused-ring (bicyclic) bond motifs is 2. The summed E-state index contributed by atoms with van der Waals surface area (Å²) in [6.45, 7) is 7.26. The molecule has 5 rings (SSSR count). The fraction of sp³-hybridized carbons (Fsp3) is 0.267. The molecule has 0 bridgehead atoms. The van der Waals surface area contributed by atoms with Gasteiger partial charge in [0.1, 0.15) is 11.5 Å². The predicted octanol–water partition coefficient (Wildman–Crippen LogP) is 6.30. The minimum atomic E-state index is -0.285. The van der Waals surface area contributed by atoms with Crippen molar-refractivity contribution < 1.29 is 14.3 Å². The number of carbonyl (C=O) groups is 2. The first kappa shape index (κ1) is 22.1. The Hall–Kier alpha value is -3.66. The number of ketones is 2. The third-order valence-electron chi connectivity index (χ3n) is 6.60. The summed E-state index contributed by atoms with van der Waals surface area (Å²) in [5.41, 5.74) is 5.22. The smallest absolute Gasteiger partial charge is 0.198 e. The van der Waals surface area contributed by atoms with E-state index in [1.165, 1.54) is 11.3 Å². The second kappa shape index (κ2) is 8.28. The van der Waals surface area contributed by atoms with Crippen LogP contribution in [0.25, 0.3) is 6.08 Å². The van der Waals surface area contributed by atoms with E-state index < -0.39 is 0 Å². The Morgan fingerprint density at radius 3 is 2.32 bits per heavy atom. The van der Waals surface area contributed by atoms with Crippen LogP contribution in [0.15, 0.2) is 83.4 Å². The number of Topliss-reactive ketones (excluding diaryl/α,β-unsaturated/α-hetero) is 2. The highest BCUT2D eigenvalue weighted by molar-refractivity contribution is 6.40. The van der Waals surface area contributed by atoms with E-state index in [0.29, 0.717) is 22.5 Å². The molecule has 1 aliphatic carbocycles. The molecule has 0 saturated heterocycles. The van der Waals surface area contributed by atoms with Crippen molar-refractivity contribution in [2.45, 2.75) is 33.6 Å². The Labute approximate surface area is 200 Å². The number of aryl methyl sites for hydroxylation is 1. The lowest BCUT2D eigenvalue weighted by Gasteiger charge is -2.28. The minimum absolute atomic E-state index is 0.217. The maximum Gasteiger partial charge on any atom is 0.198 e. The third-order valence-corrected chi connectivity index (χ3v) is 6.60. The molecule has 0 unspecified atom stereocenters. The number of benzene rings is 2. The summed E-state index contributed by atoms with van der Waals surface area (Å²) in [7, 11) is 2.13. The summed E-state index contributed by atoms with van der Waals surface area (Å²) < 4.78 is 6.21. The zero-order valence-corrected chi connectivity index (χ0v) is 20.1. The van der Waals surface area contributed by atoms with Gasteiger partial charge in [0, 0.05) is 35.8 Å². The lowest BCUT2D eigenvalue weighted by atomic mass is 9.89. The molecule has 2 aliphatic heterocycles. The largest absolute Gasteiger partial charge is 0.461 e. The maximum atomic E-state index is 13.1. The number of hydrogen-bond acceptors (Lipinski definition) is 4. The van der Waals surface area contributed by atoms with Crippen molar-refractivity contribution in [1.82, 2.24) is 0 Å². The molecular formula is C30H29NO3. The lowest BCUT2D eigenvalue weighted by Crippen LogP contribution is -2.24. The molecule has 0 saturated carbocycles. The topological polar surface area (TPSA) is 46.6 Å². The summed E-state index contributed by atoms with van der Waals surface area (Å²) in [5, 5.41) is 0. The number of nitrogens with zero attached hydrogens (tertiary/aromatic N) is 1. The highest BCUT2D eigenvalue weighted by Crippen LogP contribution is 2.37. The van der Waals surface area contributed by atoms with Gasteiger partial charge >= 0.3 is 0 Å². The van der Waals surface area contributed by atoms with Gasteiger partial charge in [0.05, 0.1) is 5.57 Å².